The van der Waals surface area contributed by atoms with Crippen molar-refractivity contribution in [3.63, 3.8) is 0 Å². The molecule has 2 rings (SSSR count). The summed E-state index contributed by atoms with van der Waals surface area (Å²) >= 11 is 1.43. The van der Waals surface area contributed by atoms with Crippen LogP contribution in [0, 0.1) is 0 Å². The summed E-state index contributed by atoms with van der Waals surface area (Å²) in [5.74, 6) is -0.358. The Morgan fingerprint density at radius 2 is 2.06 bits per heavy atom. The second-order valence-electron chi connectivity index (χ2n) is 3.40. The van der Waals surface area contributed by atoms with Gasteiger partial charge in [-0.3, -0.25) is 0 Å². The Kier molecular flexibility index (Phi) is 3.30. The Balaban J connectivity index is 2.28. The lowest BCUT2D eigenvalue weighted by Gasteiger charge is -2.08. The van der Waals surface area contributed by atoms with Crippen LogP contribution in [0.3, 0.4) is 0 Å². The topological polar surface area (TPSA) is 64.3 Å². The molecule has 0 aliphatic carbocycles. The number of thiophene rings is 1. The molecule has 0 spiro atoms. The molecule has 0 radical (unpaired) electrons. The van der Waals surface area contributed by atoms with E-state index < -0.39 is 0 Å². The zero-order valence-electron chi connectivity index (χ0n) is 9.27. The molecule has 1 aromatic heterocycles. The predicted octanol–water partition coefficient (Wildman–Crippen LogP) is 2.86. The van der Waals surface area contributed by atoms with Crippen LogP contribution in [0.1, 0.15) is 10.4 Å². The summed E-state index contributed by atoms with van der Waals surface area (Å²) in [6.45, 7) is 0. The van der Waals surface area contributed by atoms with E-state index in [2.05, 4.69) is 5.32 Å². The molecule has 0 atom stereocenters. The molecular formula is C12H12N2O2S. The number of para-hydroxylation sites is 2. The fourth-order valence-electron chi connectivity index (χ4n) is 1.42. The summed E-state index contributed by atoms with van der Waals surface area (Å²) in [5, 5.41) is 6.71. The number of rotatable bonds is 3. The SMILES string of the molecule is COC(=O)c1cscc1Nc1ccccc1N. The number of nitrogen functional groups attached to an aromatic ring is 1. The van der Waals surface area contributed by atoms with Crippen molar-refractivity contribution in [2.24, 2.45) is 0 Å². The molecule has 0 fully saturated rings. The van der Waals surface area contributed by atoms with Crippen molar-refractivity contribution in [2.45, 2.75) is 0 Å². The van der Waals surface area contributed by atoms with Gasteiger partial charge >= 0.3 is 5.97 Å². The van der Waals surface area contributed by atoms with Gasteiger partial charge in [0.05, 0.1) is 29.7 Å². The molecule has 1 aromatic carbocycles. The largest absolute Gasteiger partial charge is 0.465 e. The third kappa shape index (κ3) is 2.39. The monoisotopic (exact) mass is 248 g/mol. The standard InChI is InChI=1S/C12H12N2O2S/c1-16-12(15)8-6-17-7-11(8)14-10-5-3-2-4-9(10)13/h2-7,14H,13H2,1H3. The molecular weight excluding hydrogens is 236 g/mol. The number of hydrogen-bond acceptors (Lipinski definition) is 5. The van der Waals surface area contributed by atoms with Gasteiger partial charge in [-0.1, -0.05) is 12.1 Å². The number of methoxy groups -OCH3 is 1. The van der Waals surface area contributed by atoms with Crippen LogP contribution in [0.5, 0.6) is 0 Å². The number of carbonyl (C=O) groups excluding carboxylic acids is 1. The van der Waals surface area contributed by atoms with Gasteiger partial charge in [0.25, 0.3) is 0 Å². The van der Waals surface area contributed by atoms with Crippen molar-refractivity contribution in [1.29, 1.82) is 0 Å². The van der Waals surface area contributed by atoms with Gasteiger partial charge in [0.2, 0.25) is 0 Å². The first-order valence-corrected chi connectivity index (χ1v) is 5.92. The van der Waals surface area contributed by atoms with Gasteiger partial charge in [-0.2, -0.15) is 0 Å². The summed E-state index contributed by atoms with van der Waals surface area (Å²) in [6, 6.07) is 7.39. The van der Waals surface area contributed by atoms with Gasteiger partial charge in [-0.15, -0.1) is 11.3 Å². The second-order valence-corrected chi connectivity index (χ2v) is 4.15. The van der Waals surface area contributed by atoms with Crippen LogP contribution in [-0.2, 0) is 4.74 Å². The molecule has 17 heavy (non-hydrogen) atoms. The number of esters is 1. The number of hydrogen-bond donors (Lipinski definition) is 2. The Hall–Kier alpha value is -2.01. The smallest absolute Gasteiger partial charge is 0.340 e. The fourth-order valence-corrected chi connectivity index (χ4v) is 2.17. The summed E-state index contributed by atoms with van der Waals surface area (Å²) in [6.07, 6.45) is 0. The van der Waals surface area contributed by atoms with Crippen LogP contribution in [0.25, 0.3) is 0 Å². The zero-order chi connectivity index (χ0) is 12.3. The molecule has 4 nitrogen and oxygen atoms in total. The van der Waals surface area contributed by atoms with Crippen molar-refractivity contribution < 1.29 is 9.53 Å². The molecule has 0 amide bonds. The van der Waals surface area contributed by atoms with Gasteiger partial charge < -0.3 is 15.8 Å². The van der Waals surface area contributed by atoms with Gasteiger partial charge in [0.15, 0.2) is 0 Å². The van der Waals surface area contributed by atoms with E-state index in [1.807, 2.05) is 23.6 Å². The number of ether oxygens (including phenoxy) is 1. The first kappa shape index (κ1) is 11.5. The highest BCUT2D eigenvalue weighted by molar-refractivity contribution is 7.08. The normalized spacial score (nSPS) is 9.94. The molecule has 0 unspecified atom stereocenters. The van der Waals surface area contributed by atoms with E-state index in [-0.39, 0.29) is 5.97 Å². The maximum absolute atomic E-state index is 11.5. The molecule has 0 bridgehead atoms. The van der Waals surface area contributed by atoms with E-state index in [9.17, 15) is 4.79 Å². The van der Waals surface area contributed by atoms with Crippen LogP contribution in [0.2, 0.25) is 0 Å². The molecule has 0 saturated carbocycles. The Bertz CT molecular complexity index is 537. The van der Waals surface area contributed by atoms with E-state index in [4.69, 9.17) is 10.5 Å². The highest BCUT2D eigenvalue weighted by Gasteiger charge is 2.13. The van der Waals surface area contributed by atoms with Crippen molar-refractivity contribution in [3.05, 3.63) is 40.6 Å². The first-order chi connectivity index (χ1) is 8.22. The van der Waals surface area contributed by atoms with Crippen LogP contribution in [0.4, 0.5) is 17.1 Å². The predicted molar refractivity (Wildman–Crippen MR) is 69.8 cm³/mol. The van der Waals surface area contributed by atoms with Gasteiger partial charge in [-0.05, 0) is 12.1 Å². The highest BCUT2D eigenvalue weighted by atomic mass is 32.1. The van der Waals surface area contributed by atoms with E-state index in [1.165, 1.54) is 18.4 Å². The lowest BCUT2D eigenvalue weighted by molar-refractivity contribution is 0.0602. The Labute approximate surface area is 103 Å². The van der Waals surface area contributed by atoms with Crippen LogP contribution in [0.15, 0.2) is 35.0 Å². The third-order valence-electron chi connectivity index (χ3n) is 2.30. The fraction of sp³-hybridized carbons (Fsp3) is 0.0833. The van der Waals surface area contributed by atoms with E-state index >= 15 is 0 Å². The Morgan fingerprint density at radius 3 is 2.76 bits per heavy atom. The van der Waals surface area contributed by atoms with Gasteiger partial charge in [0.1, 0.15) is 0 Å². The van der Waals surface area contributed by atoms with Crippen molar-refractivity contribution in [1.82, 2.24) is 0 Å². The van der Waals surface area contributed by atoms with Crippen LogP contribution < -0.4 is 11.1 Å². The minimum atomic E-state index is -0.358. The molecule has 88 valence electrons. The molecule has 1 heterocycles. The lowest BCUT2D eigenvalue weighted by Crippen LogP contribution is -2.03. The number of benzene rings is 1. The van der Waals surface area contributed by atoms with E-state index in [1.54, 1.807) is 11.4 Å². The molecule has 0 saturated heterocycles. The third-order valence-corrected chi connectivity index (χ3v) is 3.04. The molecule has 3 N–H and O–H groups in total. The summed E-state index contributed by atoms with van der Waals surface area (Å²) in [4.78, 5) is 11.5. The van der Waals surface area contributed by atoms with Crippen molar-refractivity contribution in [2.75, 3.05) is 18.2 Å². The second kappa shape index (κ2) is 4.88. The lowest BCUT2D eigenvalue weighted by atomic mass is 10.2. The quantitative estimate of drug-likeness (QED) is 0.647. The first-order valence-electron chi connectivity index (χ1n) is 4.98. The van der Waals surface area contributed by atoms with Crippen molar-refractivity contribution in [3.8, 4) is 0 Å². The zero-order valence-corrected chi connectivity index (χ0v) is 10.1. The van der Waals surface area contributed by atoms with E-state index in [0.717, 1.165) is 5.69 Å². The van der Waals surface area contributed by atoms with Gasteiger partial charge in [-0.25, -0.2) is 4.79 Å². The van der Waals surface area contributed by atoms with Crippen LogP contribution >= 0.6 is 11.3 Å². The van der Waals surface area contributed by atoms with Crippen molar-refractivity contribution >= 4 is 34.4 Å². The number of nitrogens with one attached hydrogen (secondary N) is 1. The van der Waals surface area contributed by atoms with Gasteiger partial charge in [0, 0.05) is 10.8 Å². The summed E-state index contributed by atoms with van der Waals surface area (Å²) < 4.78 is 4.70. The van der Waals surface area contributed by atoms with Crippen LogP contribution in [-0.4, -0.2) is 13.1 Å². The maximum atomic E-state index is 11.5. The molecule has 5 heteroatoms. The average Bonchev–Trinajstić information content (AvgIpc) is 2.79. The summed E-state index contributed by atoms with van der Waals surface area (Å²) in [7, 11) is 1.36. The molecule has 0 aliphatic rings. The molecule has 0 aliphatic heterocycles. The maximum Gasteiger partial charge on any atom is 0.340 e. The van der Waals surface area contributed by atoms with E-state index in [0.29, 0.717) is 16.9 Å². The summed E-state index contributed by atoms with van der Waals surface area (Å²) in [5.41, 5.74) is 8.45. The number of nitrogens with two attached hydrogens (primary N) is 1. The number of carbonyl (C=O) groups is 1. The molecule has 2 aromatic rings. The average molecular weight is 248 g/mol. The minimum absolute atomic E-state index is 0.358. The highest BCUT2D eigenvalue weighted by Crippen LogP contribution is 2.28. The minimum Gasteiger partial charge on any atom is -0.465 e. The Morgan fingerprint density at radius 1 is 1.29 bits per heavy atom. The number of anilines is 3.